The molecule has 2 aromatic carbocycles. The molecule has 1 N–H and O–H groups in total. The Balaban J connectivity index is 1.59. The standard InChI is InChI=1S/C23H30N2O2/c1-3-27-17-21-13-9-19(10-14-21)15-24-23(26)25(16-20-11-12-20)18(2)22-7-5-4-6-8-22/h4-10,13-14,18,20H,3,11-12,15-17H2,1-2H3,(H,24,26). The molecule has 2 aromatic rings. The van der Waals surface area contributed by atoms with Gasteiger partial charge in [0.1, 0.15) is 0 Å². The Hall–Kier alpha value is -2.33. The summed E-state index contributed by atoms with van der Waals surface area (Å²) in [5.74, 6) is 0.653. The van der Waals surface area contributed by atoms with Crippen LogP contribution >= 0.6 is 0 Å². The van der Waals surface area contributed by atoms with Crippen LogP contribution in [0.1, 0.15) is 49.4 Å². The van der Waals surface area contributed by atoms with Crippen LogP contribution in [0.25, 0.3) is 0 Å². The maximum absolute atomic E-state index is 12.9. The van der Waals surface area contributed by atoms with E-state index in [0.717, 1.165) is 17.7 Å². The molecular formula is C23H30N2O2. The number of amides is 2. The van der Waals surface area contributed by atoms with Crippen molar-refractivity contribution in [3.63, 3.8) is 0 Å². The van der Waals surface area contributed by atoms with E-state index in [-0.39, 0.29) is 12.1 Å². The zero-order valence-electron chi connectivity index (χ0n) is 16.4. The molecule has 1 unspecified atom stereocenters. The molecular weight excluding hydrogens is 336 g/mol. The first kappa shape index (κ1) is 19.4. The Labute approximate surface area is 162 Å². The number of nitrogens with zero attached hydrogens (tertiary/aromatic N) is 1. The zero-order valence-corrected chi connectivity index (χ0v) is 16.4. The van der Waals surface area contributed by atoms with Crippen molar-refractivity contribution >= 4 is 6.03 Å². The van der Waals surface area contributed by atoms with Crippen molar-refractivity contribution in [2.24, 2.45) is 5.92 Å². The lowest BCUT2D eigenvalue weighted by Crippen LogP contribution is -2.42. The van der Waals surface area contributed by atoms with Crippen molar-refractivity contribution in [2.75, 3.05) is 13.2 Å². The molecule has 1 fully saturated rings. The number of rotatable bonds is 9. The van der Waals surface area contributed by atoms with Crippen LogP contribution in [0.5, 0.6) is 0 Å². The second-order valence-corrected chi connectivity index (χ2v) is 7.29. The third-order valence-corrected chi connectivity index (χ3v) is 5.10. The van der Waals surface area contributed by atoms with E-state index in [4.69, 9.17) is 4.74 Å². The second-order valence-electron chi connectivity index (χ2n) is 7.29. The lowest BCUT2D eigenvalue weighted by Gasteiger charge is -2.30. The van der Waals surface area contributed by atoms with Crippen molar-refractivity contribution in [1.29, 1.82) is 0 Å². The van der Waals surface area contributed by atoms with Gasteiger partial charge in [0.25, 0.3) is 0 Å². The van der Waals surface area contributed by atoms with Gasteiger partial charge >= 0.3 is 6.03 Å². The van der Waals surface area contributed by atoms with Gasteiger partial charge in [0.15, 0.2) is 0 Å². The highest BCUT2D eigenvalue weighted by molar-refractivity contribution is 5.74. The fourth-order valence-electron chi connectivity index (χ4n) is 3.16. The molecule has 3 rings (SSSR count). The van der Waals surface area contributed by atoms with Gasteiger partial charge in [-0.3, -0.25) is 0 Å². The van der Waals surface area contributed by atoms with Crippen LogP contribution in [-0.2, 0) is 17.9 Å². The van der Waals surface area contributed by atoms with Crippen LogP contribution < -0.4 is 5.32 Å². The smallest absolute Gasteiger partial charge is 0.318 e. The molecule has 1 aliphatic rings. The average Bonchev–Trinajstić information content (AvgIpc) is 3.54. The Morgan fingerprint density at radius 3 is 2.41 bits per heavy atom. The Morgan fingerprint density at radius 1 is 1.11 bits per heavy atom. The number of hydrogen-bond donors (Lipinski definition) is 1. The average molecular weight is 367 g/mol. The van der Waals surface area contributed by atoms with Crippen LogP contribution in [-0.4, -0.2) is 24.1 Å². The Bertz CT molecular complexity index is 711. The largest absolute Gasteiger partial charge is 0.377 e. The second kappa shape index (κ2) is 9.56. The van der Waals surface area contributed by atoms with Gasteiger partial charge in [0.05, 0.1) is 12.6 Å². The van der Waals surface area contributed by atoms with Crippen LogP contribution in [0.2, 0.25) is 0 Å². The van der Waals surface area contributed by atoms with Crippen LogP contribution in [0.3, 0.4) is 0 Å². The van der Waals surface area contributed by atoms with Gasteiger partial charge in [-0.25, -0.2) is 4.79 Å². The van der Waals surface area contributed by atoms with Crippen molar-refractivity contribution in [1.82, 2.24) is 10.2 Å². The molecule has 0 spiro atoms. The molecule has 1 aliphatic carbocycles. The van der Waals surface area contributed by atoms with Crippen LogP contribution in [0.4, 0.5) is 4.79 Å². The van der Waals surface area contributed by atoms with E-state index in [1.807, 2.05) is 30.0 Å². The van der Waals surface area contributed by atoms with Crippen LogP contribution in [0.15, 0.2) is 54.6 Å². The minimum absolute atomic E-state index is 0.0108. The maximum Gasteiger partial charge on any atom is 0.318 e. The van der Waals surface area contributed by atoms with Gasteiger partial charge in [0.2, 0.25) is 0 Å². The first-order valence-electron chi connectivity index (χ1n) is 9.92. The van der Waals surface area contributed by atoms with Gasteiger partial charge in [-0.2, -0.15) is 0 Å². The van der Waals surface area contributed by atoms with E-state index in [2.05, 4.69) is 48.6 Å². The predicted octanol–water partition coefficient (Wildman–Crippen LogP) is 4.91. The molecule has 0 radical (unpaired) electrons. The first-order valence-corrected chi connectivity index (χ1v) is 9.92. The number of urea groups is 1. The number of nitrogens with one attached hydrogen (secondary N) is 1. The number of carbonyl (C=O) groups is 1. The molecule has 0 aromatic heterocycles. The van der Waals surface area contributed by atoms with Gasteiger partial charge in [0, 0.05) is 19.7 Å². The maximum atomic E-state index is 12.9. The quantitative estimate of drug-likeness (QED) is 0.685. The molecule has 144 valence electrons. The summed E-state index contributed by atoms with van der Waals surface area (Å²) in [6.45, 7) is 6.82. The minimum atomic E-state index is 0.0108. The molecule has 0 heterocycles. The van der Waals surface area contributed by atoms with E-state index in [0.29, 0.717) is 25.7 Å². The van der Waals surface area contributed by atoms with Crippen molar-refractivity contribution in [2.45, 2.75) is 45.9 Å². The summed E-state index contributed by atoms with van der Waals surface area (Å²) in [7, 11) is 0. The summed E-state index contributed by atoms with van der Waals surface area (Å²) in [5.41, 5.74) is 3.43. The van der Waals surface area contributed by atoms with Crippen molar-refractivity contribution in [3.05, 3.63) is 71.3 Å². The van der Waals surface area contributed by atoms with E-state index in [9.17, 15) is 4.79 Å². The highest BCUT2D eigenvalue weighted by Crippen LogP contribution is 2.32. The van der Waals surface area contributed by atoms with E-state index < -0.39 is 0 Å². The highest BCUT2D eigenvalue weighted by Gasteiger charge is 2.30. The summed E-state index contributed by atoms with van der Waals surface area (Å²) in [5, 5.41) is 3.10. The number of ether oxygens (including phenoxy) is 1. The molecule has 1 saturated carbocycles. The highest BCUT2D eigenvalue weighted by atomic mass is 16.5. The number of carbonyl (C=O) groups excluding carboxylic acids is 1. The first-order chi connectivity index (χ1) is 13.2. The summed E-state index contributed by atoms with van der Waals surface area (Å²) >= 11 is 0. The fraction of sp³-hybridized carbons (Fsp3) is 0.435. The third-order valence-electron chi connectivity index (χ3n) is 5.10. The van der Waals surface area contributed by atoms with Crippen LogP contribution in [0, 0.1) is 5.92 Å². The van der Waals surface area contributed by atoms with Gasteiger partial charge in [-0.15, -0.1) is 0 Å². The van der Waals surface area contributed by atoms with Gasteiger partial charge in [-0.1, -0.05) is 54.6 Å². The lowest BCUT2D eigenvalue weighted by atomic mass is 10.1. The zero-order chi connectivity index (χ0) is 19.1. The van der Waals surface area contributed by atoms with Gasteiger partial charge < -0.3 is 15.0 Å². The minimum Gasteiger partial charge on any atom is -0.377 e. The molecule has 4 nitrogen and oxygen atoms in total. The monoisotopic (exact) mass is 366 g/mol. The fourth-order valence-corrected chi connectivity index (χ4v) is 3.16. The topological polar surface area (TPSA) is 41.6 Å². The number of hydrogen-bond acceptors (Lipinski definition) is 2. The van der Waals surface area contributed by atoms with E-state index in [1.165, 1.54) is 18.4 Å². The normalized spacial score (nSPS) is 14.6. The number of benzene rings is 2. The van der Waals surface area contributed by atoms with Gasteiger partial charge in [-0.05, 0) is 49.3 Å². The Kier molecular flexibility index (Phi) is 6.88. The summed E-state index contributed by atoms with van der Waals surface area (Å²) in [6, 6.07) is 18.6. The van der Waals surface area contributed by atoms with E-state index >= 15 is 0 Å². The Morgan fingerprint density at radius 2 is 1.78 bits per heavy atom. The predicted molar refractivity (Wildman–Crippen MR) is 108 cm³/mol. The molecule has 4 heteroatoms. The molecule has 2 amide bonds. The van der Waals surface area contributed by atoms with E-state index in [1.54, 1.807) is 0 Å². The SMILES string of the molecule is CCOCc1ccc(CNC(=O)N(CC2CC2)C(C)c2ccccc2)cc1. The molecule has 0 bridgehead atoms. The van der Waals surface area contributed by atoms with Crippen molar-refractivity contribution in [3.8, 4) is 0 Å². The molecule has 0 saturated heterocycles. The third kappa shape index (κ3) is 5.83. The molecule has 1 atom stereocenters. The molecule has 0 aliphatic heterocycles. The summed E-state index contributed by atoms with van der Waals surface area (Å²) < 4.78 is 5.42. The summed E-state index contributed by atoms with van der Waals surface area (Å²) in [4.78, 5) is 14.9. The molecule has 27 heavy (non-hydrogen) atoms. The summed E-state index contributed by atoms with van der Waals surface area (Å²) in [6.07, 6.45) is 2.46. The lowest BCUT2D eigenvalue weighted by molar-refractivity contribution is 0.134. The van der Waals surface area contributed by atoms with Crippen molar-refractivity contribution < 1.29 is 9.53 Å².